The highest BCUT2D eigenvalue weighted by atomic mass is 13.9. The highest BCUT2D eigenvalue weighted by Gasteiger charge is 1.87. The van der Waals surface area contributed by atoms with Gasteiger partial charge in [0.1, 0.15) is 0 Å². The molecule has 115 valence electrons. The maximum Gasteiger partial charge on any atom is -0.0169 e. The number of rotatable bonds is 14. The van der Waals surface area contributed by atoms with Crippen LogP contribution in [0.5, 0.6) is 0 Å². The van der Waals surface area contributed by atoms with Gasteiger partial charge in [-0.2, -0.15) is 0 Å². The quantitative estimate of drug-likeness (QED) is 0.232. The SMILES string of the molecule is [CH2]CCCC=CCC=CCC=CCCCCCCCC. The van der Waals surface area contributed by atoms with Crippen molar-refractivity contribution >= 4 is 0 Å². The Bertz CT molecular complexity index is 245. The first-order valence-corrected chi connectivity index (χ1v) is 8.66. The van der Waals surface area contributed by atoms with Gasteiger partial charge in [0.05, 0.1) is 0 Å². The maximum absolute atomic E-state index is 3.84. The van der Waals surface area contributed by atoms with Crippen LogP contribution in [0.4, 0.5) is 0 Å². The molecule has 0 heterocycles. The van der Waals surface area contributed by atoms with Gasteiger partial charge in [-0.3, -0.25) is 0 Å². The topological polar surface area (TPSA) is 0 Å². The molecule has 0 bridgehead atoms. The number of allylic oxidation sites excluding steroid dienone is 6. The molecule has 0 heteroatoms. The van der Waals surface area contributed by atoms with E-state index in [1.807, 2.05) is 0 Å². The van der Waals surface area contributed by atoms with Gasteiger partial charge in [-0.25, -0.2) is 0 Å². The van der Waals surface area contributed by atoms with Crippen LogP contribution in [0.15, 0.2) is 36.5 Å². The molecule has 0 aliphatic heterocycles. The second kappa shape index (κ2) is 18.2. The minimum atomic E-state index is 1.05. The summed E-state index contributed by atoms with van der Waals surface area (Å²) in [6.07, 6.45) is 28.9. The van der Waals surface area contributed by atoms with Crippen LogP contribution in [0.2, 0.25) is 0 Å². The van der Waals surface area contributed by atoms with E-state index in [0.29, 0.717) is 0 Å². The first-order valence-electron chi connectivity index (χ1n) is 8.66. The van der Waals surface area contributed by atoms with Crippen molar-refractivity contribution in [2.45, 2.75) is 84.0 Å². The van der Waals surface area contributed by atoms with Crippen LogP contribution in [-0.2, 0) is 0 Å². The monoisotopic (exact) mass is 275 g/mol. The Morgan fingerprint density at radius 3 is 1.70 bits per heavy atom. The number of unbranched alkanes of at least 4 members (excludes halogenated alkanes) is 8. The van der Waals surface area contributed by atoms with Gasteiger partial charge in [-0.15, -0.1) is 0 Å². The van der Waals surface area contributed by atoms with Crippen molar-refractivity contribution in [1.82, 2.24) is 0 Å². The number of hydrogen-bond donors (Lipinski definition) is 0. The molecule has 0 spiro atoms. The van der Waals surface area contributed by atoms with Crippen LogP contribution in [-0.4, -0.2) is 0 Å². The molecule has 0 rings (SSSR count). The Labute approximate surface area is 128 Å². The smallest absolute Gasteiger partial charge is 0.0169 e. The summed E-state index contributed by atoms with van der Waals surface area (Å²) in [6, 6.07) is 0. The van der Waals surface area contributed by atoms with E-state index >= 15 is 0 Å². The molecule has 0 aliphatic carbocycles. The zero-order valence-corrected chi connectivity index (χ0v) is 13.7. The second-order valence-corrected chi connectivity index (χ2v) is 5.44. The van der Waals surface area contributed by atoms with Crippen molar-refractivity contribution in [2.75, 3.05) is 0 Å². The van der Waals surface area contributed by atoms with Gasteiger partial charge in [-0.05, 0) is 38.5 Å². The highest BCUT2D eigenvalue weighted by Crippen LogP contribution is 2.07. The summed E-state index contributed by atoms with van der Waals surface area (Å²) in [4.78, 5) is 0. The minimum absolute atomic E-state index is 1.05. The molecule has 0 nitrogen and oxygen atoms in total. The van der Waals surface area contributed by atoms with Gasteiger partial charge in [0, 0.05) is 0 Å². The first kappa shape index (κ1) is 19.2. The Balaban J connectivity index is 3.24. The van der Waals surface area contributed by atoms with Crippen molar-refractivity contribution in [2.24, 2.45) is 0 Å². The van der Waals surface area contributed by atoms with Crippen molar-refractivity contribution in [1.29, 1.82) is 0 Å². The lowest BCUT2D eigenvalue weighted by Crippen LogP contribution is -1.77. The summed E-state index contributed by atoms with van der Waals surface area (Å²) in [5, 5.41) is 0. The van der Waals surface area contributed by atoms with E-state index < -0.39 is 0 Å². The van der Waals surface area contributed by atoms with Crippen LogP contribution in [0, 0.1) is 6.92 Å². The molecule has 0 aromatic heterocycles. The molecule has 0 aromatic rings. The average Bonchev–Trinajstić information content (AvgIpc) is 2.47. The van der Waals surface area contributed by atoms with E-state index in [1.54, 1.807) is 0 Å². The molecule has 0 saturated heterocycles. The zero-order chi connectivity index (χ0) is 14.7. The van der Waals surface area contributed by atoms with E-state index in [2.05, 4.69) is 50.3 Å². The molecule has 1 radical (unpaired) electrons. The Kier molecular flexibility index (Phi) is 17.5. The fourth-order valence-electron chi connectivity index (χ4n) is 2.08. The fourth-order valence-corrected chi connectivity index (χ4v) is 2.08. The van der Waals surface area contributed by atoms with Gasteiger partial charge in [0.25, 0.3) is 0 Å². The van der Waals surface area contributed by atoms with Crippen LogP contribution < -0.4 is 0 Å². The van der Waals surface area contributed by atoms with Crippen LogP contribution in [0.25, 0.3) is 0 Å². The molecule has 20 heavy (non-hydrogen) atoms. The van der Waals surface area contributed by atoms with Crippen molar-refractivity contribution in [3.8, 4) is 0 Å². The Morgan fingerprint density at radius 1 is 0.600 bits per heavy atom. The van der Waals surface area contributed by atoms with Crippen LogP contribution in [0.1, 0.15) is 84.0 Å². The third-order valence-corrected chi connectivity index (χ3v) is 3.39. The summed E-state index contributed by atoms with van der Waals surface area (Å²) in [6.45, 7) is 6.11. The summed E-state index contributed by atoms with van der Waals surface area (Å²) >= 11 is 0. The van der Waals surface area contributed by atoms with Crippen molar-refractivity contribution < 1.29 is 0 Å². The lowest BCUT2D eigenvalue weighted by atomic mass is 10.1. The second-order valence-electron chi connectivity index (χ2n) is 5.44. The van der Waals surface area contributed by atoms with Gasteiger partial charge in [0.2, 0.25) is 0 Å². The van der Waals surface area contributed by atoms with E-state index in [0.717, 1.165) is 19.3 Å². The predicted octanol–water partition coefficient (Wildman–Crippen LogP) is 7.19. The molecular formula is C20H35. The molecule has 0 saturated carbocycles. The molecule has 0 aromatic carbocycles. The van der Waals surface area contributed by atoms with Crippen molar-refractivity contribution in [3.63, 3.8) is 0 Å². The zero-order valence-electron chi connectivity index (χ0n) is 13.7. The summed E-state index contributed by atoms with van der Waals surface area (Å²) in [5.41, 5.74) is 0. The lowest BCUT2D eigenvalue weighted by Gasteiger charge is -1.97. The molecular weight excluding hydrogens is 240 g/mol. The maximum atomic E-state index is 3.84. The van der Waals surface area contributed by atoms with Gasteiger partial charge in [0.15, 0.2) is 0 Å². The summed E-state index contributed by atoms with van der Waals surface area (Å²) in [7, 11) is 0. The van der Waals surface area contributed by atoms with Crippen molar-refractivity contribution in [3.05, 3.63) is 43.4 Å². The van der Waals surface area contributed by atoms with E-state index in [4.69, 9.17) is 0 Å². The minimum Gasteiger partial charge on any atom is -0.0882 e. The van der Waals surface area contributed by atoms with Crippen LogP contribution in [0.3, 0.4) is 0 Å². The number of hydrogen-bond acceptors (Lipinski definition) is 0. The summed E-state index contributed by atoms with van der Waals surface area (Å²) in [5.74, 6) is 0. The standard InChI is InChI=1S/C20H35/c1-3-5-7-9-11-13-15-17-19-20-18-16-14-12-10-8-6-4-2/h9,11,15,17-18,20H,1,3-8,10,12-14,16,19H2,2H3. The lowest BCUT2D eigenvalue weighted by molar-refractivity contribution is 0.611. The van der Waals surface area contributed by atoms with Crippen LogP contribution >= 0.6 is 0 Å². The van der Waals surface area contributed by atoms with Gasteiger partial charge < -0.3 is 0 Å². The van der Waals surface area contributed by atoms with Gasteiger partial charge >= 0.3 is 0 Å². The Hall–Kier alpha value is -0.780. The third kappa shape index (κ3) is 17.2. The molecule has 0 fully saturated rings. The molecule has 0 amide bonds. The normalized spacial score (nSPS) is 12.3. The van der Waals surface area contributed by atoms with E-state index in [9.17, 15) is 0 Å². The summed E-state index contributed by atoms with van der Waals surface area (Å²) < 4.78 is 0. The Morgan fingerprint density at radius 2 is 1.10 bits per heavy atom. The fraction of sp³-hybridized carbons (Fsp3) is 0.650. The predicted molar refractivity (Wildman–Crippen MR) is 93.9 cm³/mol. The molecule has 0 N–H and O–H groups in total. The molecule has 0 atom stereocenters. The molecule has 0 aliphatic rings. The van der Waals surface area contributed by atoms with E-state index in [1.165, 1.54) is 57.8 Å². The van der Waals surface area contributed by atoms with Gasteiger partial charge in [-0.1, -0.05) is 88.8 Å². The first-order chi connectivity index (χ1) is 9.91. The van der Waals surface area contributed by atoms with E-state index in [-0.39, 0.29) is 0 Å². The largest absolute Gasteiger partial charge is 0.0882 e. The highest BCUT2D eigenvalue weighted by molar-refractivity contribution is 4.97. The molecule has 0 unspecified atom stereocenters. The third-order valence-electron chi connectivity index (χ3n) is 3.39. The average molecular weight is 275 g/mol.